The molecular weight excluding hydrogens is 389 g/mol. The molecule has 2 amide bonds. The van der Waals surface area contributed by atoms with Crippen molar-refractivity contribution in [2.75, 3.05) is 6.61 Å². The normalized spacial score (nSPS) is 15.5. The van der Waals surface area contributed by atoms with E-state index in [2.05, 4.69) is 6.58 Å². The lowest BCUT2D eigenvalue weighted by Gasteiger charge is -2.12. The number of rotatable bonds is 6. The van der Waals surface area contributed by atoms with E-state index in [1.807, 2.05) is 0 Å². The Morgan fingerprint density at radius 2 is 1.93 bits per heavy atom. The van der Waals surface area contributed by atoms with Crippen LogP contribution in [0.3, 0.4) is 0 Å². The third-order valence-electron chi connectivity index (χ3n) is 3.74. The third kappa shape index (κ3) is 4.59. The summed E-state index contributed by atoms with van der Waals surface area (Å²) in [6.45, 7) is 4.00. The molecule has 0 radical (unpaired) electrons. The Hall–Kier alpha value is -2.57. The smallest absolute Gasteiger partial charge is 0.293 e. The molecule has 0 spiro atoms. The zero-order valence-electron chi connectivity index (χ0n) is 14.2. The number of hydrogen-bond acceptors (Lipinski definition) is 4. The van der Waals surface area contributed by atoms with E-state index in [1.165, 1.54) is 12.1 Å². The third-order valence-corrected chi connectivity index (χ3v) is 4.94. The van der Waals surface area contributed by atoms with Gasteiger partial charge in [0.05, 0.1) is 16.5 Å². The van der Waals surface area contributed by atoms with Crippen molar-refractivity contribution in [2.45, 2.75) is 6.54 Å². The van der Waals surface area contributed by atoms with Gasteiger partial charge in [-0.25, -0.2) is 4.39 Å². The molecule has 138 valence electrons. The number of imide groups is 1. The fourth-order valence-corrected chi connectivity index (χ4v) is 3.51. The number of amides is 2. The van der Waals surface area contributed by atoms with Crippen LogP contribution in [0.2, 0.25) is 5.02 Å². The van der Waals surface area contributed by atoms with Gasteiger partial charge in [-0.3, -0.25) is 14.5 Å². The summed E-state index contributed by atoms with van der Waals surface area (Å²) in [5, 5.41) is 0.0312. The van der Waals surface area contributed by atoms with Gasteiger partial charge in [0.15, 0.2) is 0 Å². The lowest BCUT2D eigenvalue weighted by atomic mass is 10.2. The lowest BCUT2D eigenvalue weighted by Crippen LogP contribution is -2.27. The molecule has 0 N–H and O–H groups in total. The molecule has 7 heteroatoms. The summed E-state index contributed by atoms with van der Waals surface area (Å²) in [6.07, 6.45) is 3.22. The summed E-state index contributed by atoms with van der Waals surface area (Å²) < 4.78 is 18.4. The van der Waals surface area contributed by atoms with Crippen molar-refractivity contribution in [3.8, 4) is 5.75 Å². The molecule has 2 aromatic rings. The van der Waals surface area contributed by atoms with Crippen LogP contribution < -0.4 is 4.74 Å². The Morgan fingerprint density at radius 3 is 2.59 bits per heavy atom. The van der Waals surface area contributed by atoms with Crippen LogP contribution in [0.5, 0.6) is 5.75 Å². The van der Waals surface area contributed by atoms with Gasteiger partial charge in [-0.15, -0.1) is 0 Å². The summed E-state index contributed by atoms with van der Waals surface area (Å²) in [7, 11) is 0. The van der Waals surface area contributed by atoms with E-state index in [4.69, 9.17) is 16.3 Å². The molecule has 0 atom stereocenters. The van der Waals surface area contributed by atoms with Gasteiger partial charge in [-0.1, -0.05) is 42.5 Å². The maximum absolute atomic E-state index is 13.0. The first kappa shape index (κ1) is 19.2. The Balaban J connectivity index is 1.76. The highest BCUT2D eigenvalue weighted by Gasteiger charge is 2.34. The summed E-state index contributed by atoms with van der Waals surface area (Å²) in [6, 6.07) is 10.8. The van der Waals surface area contributed by atoms with Gasteiger partial charge < -0.3 is 4.74 Å². The first-order valence-corrected chi connectivity index (χ1v) is 9.20. The van der Waals surface area contributed by atoms with E-state index in [0.29, 0.717) is 33.4 Å². The van der Waals surface area contributed by atoms with E-state index >= 15 is 0 Å². The number of halogens is 2. The van der Waals surface area contributed by atoms with Crippen LogP contribution in [0.1, 0.15) is 11.1 Å². The molecule has 1 aliphatic rings. The summed E-state index contributed by atoms with van der Waals surface area (Å²) in [5.41, 5.74) is 1.35. The largest absolute Gasteiger partial charge is 0.488 e. The number of carbonyl (C=O) groups excluding carboxylic acids is 2. The van der Waals surface area contributed by atoms with Crippen molar-refractivity contribution in [3.05, 3.63) is 82.0 Å². The van der Waals surface area contributed by atoms with E-state index in [1.54, 1.807) is 42.5 Å². The molecule has 1 heterocycles. The quantitative estimate of drug-likeness (QED) is 0.486. The second-order valence-electron chi connectivity index (χ2n) is 5.68. The van der Waals surface area contributed by atoms with Gasteiger partial charge in [-0.05, 0) is 53.2 Å². The molecular formula is C20H15ClFNO3S. The minimum absolute atomic E-state index is 0.0946. The first-order valence-electron chi connectivity index (χ1n) is 8.01. The highest BCUT2D eigenvalue weighted by Crippen LogP contribution is 2.34. The molecule has 0 saturated carbocycles. The van der Waals surface area contributed by atoms with Crippen LogP contribution in [-0.2, 0) is 11.3 Å². The van der Waals surface area contributed by atoms with Gasteiger partial charge in [0, 0.05) is 0 Å². The molecule has 1 fully saturated rings. The Kier molecular flexibility index (Phi) is 5.98. The fraction of sp³-hybridized carbons (Fsp3) is 0.100. The molecule has 0 bridgehead atoms. The van der Waals surface area contributed by atoms with Crippen molar-refractivity contribution >= 4 is 40.6 Å². The molecule has 0 aromatic heterocycles. The average molecular weight is 404 g/mol. The van der Waals surface area contributed by atoms with Crippen LogP contribution in [0.15, 0.2) is 60.0 Å². The maximum atomic E-state index is 13.0. The number of hydrogen-bond donors (Lipinski definition) is 0. The molecule has 3 rings (SSSR count). The molecule has 0 unspecified atom stereocenters. The number of benzene rings is 2. The standard InChI is InChI=1S/C20H15ClFNO3S/c1-2-9-26-17-8-5-14(10-16(17)21)11-18-19(24)23(20(25)27-18)12-13-3-6-15(22)7-4-13/h2-8,10-11H,1,9,12H2. The predicted octanol–water partition coefficient (Wildman–Crippen LogP) is 5.28. The summed E-state index contributed by atoms with van der Waals surface area (Å²) in [4.78, 5) is 26.2. The highest BCUT2D eigenvalue weighted by atomic mass is 35.5. The predicted molar refractivity (Wildman–Crippen MR) is 105 cm³/mol. The van der Waals surface area contributed by atoms with Crippen LogP contribution in [0.25, 0.3) is 6.08 Å². The average Bonchev–Trinajstić information content (AvgIpc) is 2.90. The number of ether oxygens (including phenoxy) is 1. The van der Waals surface area contributed by atoms with Gasteiger partial charge in [0.2, 0.25) is 0 Å². The second-order valence-corrected chi connectivity index (χ2v) is 7.08. The zero-order valence-corrected chi connectivity index (χ0v) is 15.7. The molecule has 27 heavy (non-hydrogen) atoms. The SMILES string of the molecule is C=CCOc1ccc(C=C2SC(=O)N(Cc3ccc(F)cc3)C2=O)cc1Cl. The van der Waals surface area contributed by atoms with E-state index in [-0.39, 0.29) is 17.6 Å². The van der Waals surface area contributed by atoms with Gasteiger partial charge >= 0.3 is 0 Å². The van der Waals surface area contributed by atoms with Crippen molar-refractivity contribution < 1.29 is 18.7 Å². The maximum Gasteiger partial charge on any atom is 0.293 e. The number of carbonyl (C=O) groups is 2. The molecule has 0 aliphatic carbocycles. The Bertz CT molecular complexity index is 927. The fourth-order valence-electron chi connectivity index (χ4n) is 2.43. The van der Waals surface area contributed by atoms with Crippen LogP contribution in [0.4, 0.5) is 9.18 Å². The molecule has 1 aliphatic heterocycles. The van der Waals surface area contributed by atoms with Gasteiger partial charge in [0.25, 0.3) is 11.1 Å². The Morgan fingerprint density at radius 1 is 1.19 bits per heavy atom. The van der Waals surface area contributed by atoms with Crippen LogP contribution in [0, 0.1) is 5.82 Å². The second kappa shape index (κ2) is 8.41. The van der Waals surface area contributed by atoms with E-state index in [9.17, 15) is 14.0 Å². The molecule has 2 aromatic carbocycles. The van der Waals surface area contributed by atoms with E-state index < -0.39 is 5.91 Å². The molecule has 4 nitrogen and oxygen atoms in total. The van der Waals surface area contributed by atoms with Crippen molar-refractivity contribution in [2.24, 2.45) is 0 Å². The first-order chi connectivity index (χ1) is 13.0. The minimum Gasteiger partial charge on any atom is -0.488 e. The van der Waals surface area contributed by atoms with Crippen molar-refractivity contribution in [3.63, 3.8) is 0 Å². The molecule has 1 saturated heterocycles. The van der Waals surface area contributed by atoms with E-state index in [0.717, 1.165) is 16.7 Å². The topological polar surface area (TPSA) is 46.6 Å². The van der Waals surface area contributed by atoms with Crippen molar-refractivity contribution in [1.82, 2.24) is 4.90 Å². The van der Waals surface area contributed by atoms with Gasteiger partial charge in [0.1, 0.15) is 18.2 Å². The Labute approximate surface area is 165 Å². The van der Waals surface area contributed by atoms with Crippen molar-refractivity contribution in [1.29, 1.82) is 0 Å². The lowest BCUT2D eigenvalue weighted by molar-refractivity contribution is -0.123. The summed E-state index contributed by atoms with van der Waals surface area (Å²) in [5.74, 6) is -0.249. The monoisotopic (exact) mass is 403 g/mol. The van der Waals surface area contributed by atoms with Crippen LogP contribution in [-0.4, -0.2) is 22.7 Å². The van der Waals surface area contributed by atoms with Gasteiger partial charge in [-0.2, -0.15) is 0 Å². The van der Waals surface area contributed by atoms with Crippen LogP contribution >= 0.6 is 23.4 Å². The zero-order chi connectivity index (χ0) is 19.4. The number of nitrogens with zero attached hydrogens (tertiary/aromatic N) is 1. The number of thioether (sulfide) groups is 1. The summed E-state index contributed by atoms with van der Waals surface area (Å²) >= 11 is 7.04. The highest BCUT2D eigenvalue weighted by molar-refractivity contribution is 8.18. The minimum atomic E-state index is -0.391.